The standard InChI is InChI=1S/C21H25N5OS/c1-15-14-28-21(23-15)26-16(2)12-18(17(26)3)19(27)13-24-8-10-25(11-9-24)20-6-4-5-7-22-20/h4-7,12,14H,8-11,13H2,1-3H3. The van der Waals surface area contributed by atoms with Crippen LogP contribution in [0.2, 0.25) is 0 Å². The fourth-order valence-electron chi connectivity index (χ4n) is 3.75. The van der Waals surface area contributed by atoms with Gasteiger partial charge in [-0.1, -0.05) is 6.07 Å². The summed E-state index contributed by atoms with van der Waals surface area (Å²) in [7, 11) is 0. The number of anilines is 1. The molecule has 0 spiro atoms. The summed E-state index contributed by atoms with van der Waals surface area (Å²) in [6.07, 6.45) is 1.82. The fourth-order valence-corrected chi connectivity index (χ4v) is 4.66. The second-order valence-corrected chi connectivity index (χ2v) is 8.10. The Balaban J connectivity index is 1.42. The minimum Gasteiger partial charge on any atom is -0.354 e. The first-order chi connectivity index (χ1) is 13.5. The van der Waals surface area contributed by atoms with Crippen molar-refractivity contribution in [3.63, 3.8) is 0 Å². The highest BCUT2D eigenvalue weighted by atomic mass is 32.1. The molecule has 28 heavy (non-hydrogen) atoms. The molecule has 6 nitrogen and oxygen atoms in total. The lowest BCUT2D eigenvalue weighted by atomic mass is 10.1. The topological polar surface area (TPSA) is 54.3 Å². The Kier molecular flexibility index (Phi) is 5.28. The van der Waals surface area contributed by atoms with Crippen LogP contribution in [0.15, 0.2) is 35.8 Å². The molecule has 0 unspecified atom stereocenters. The fraction of sp³-hybridized carbons (Fsp3) is 0.381. The molecule has 1 saturated heterocycles. The zero-order valence-electron chi connectivity index (χ0n) is 16.6. The summed E-state index contributed by atoms with van der Waals surface area (Å²) in [5.41, 5.74) is 3.84. The van der Waals surface area contributed by atoms with Crippen LogP contribution in [-0.4, -0.2) is 57.9 Å². The van der Waals surface area contributed by atoms with Gasteiger partial charge in [-0.2, -0.15) is 0 Å². The number of piperazine rings is 1. The molecule has 3 aromatic rings. The second kappa shape index (κ2) is 7.85. The van der Waals surface area contributed by atoms with Crippen molar-refractivity contribution in [1.82, 2.24) is 19.4 Å². The molecule has 0 saturated carbocycles. The molecule has 0 atom stereocenters. The molecule has 0 aliphatic carbocycles. The molecular formula is C21H25N5OS. The first-order valence-corrected chi connectivity index (χ1v) is 10.4. The van der Waals surface area contributed by atoms with Gasteiger partial charge in [0.15, 0.2) is 10.9 Å². The summed E-state index contributed by atoms with van der Waals surface area (Å²) >= 11 is 1.61. The van der Waals surface area contributed by atoms with E-state index < -0.39 is 0 Å². The van der Waals surface area contributed by atoms with Crippen LogP contribution in [0.4, 0.5) is 5.82 Å². The van der Waals surface area contributed by atoms with Crippen molar-refractivity contribution in [2.45, 2.75) is 20.8 Å². The van der Waals surface area contributed by atoms with Crippen LogP contribution < -0.4 is 4.90 Å². The summed E-state index contributed by atoms with van der Waals surface area (Å²) < 4.78 is 2.09. The first-order valence-electron chi connectivity index (χ1n) is 9.56. The molecule has 4 rings (SSSR count). The van der Waals surface area contributed by atoms with Gasteiger partial charge in [0.1, 0.15) is 5.82 Å². The summed E-state index contributed by atoms with van der Waals surface area (Å²) in [6.45, 7) is 10.0. The summed E-state index contributed by atoms with van der Waals surface area (Å²) in [6, 6.07) is 7.98. The number of carbonyl (C=O) groups excluding carboxylic acids is 1. The maximum absolute atomic E-state index is 13.0. The Morgan fingerprint density at radius 2 is 1.93 bits per heavy atom. The Morgan fingerprint density at radius 3 is 2.57 bits per heavy atom. The number of aromatic nitrogens is 3. The third-order valence-electron chi connectivity index (χ3n) is 5.24. The lowest BCUT2D eigenvalue weighted by Crippen LogP contribution is -2.48. The molecule has 0 N–H and O–H groups in total. The van der Waals surface area contributed by atoms with Crippen molar-refractivity contribution in [1.29, 1.82) is 0 Å². The number of ketones is 1. The van der Waals surface area contributed by atoms with E-state index in [4.69, 9.17) is 0 Å². The molecular weight excluding hydrogens is 370 g/mol. The molecule has 0 aromatic carbocycles. The van der Waals surface area contributed by atoms with E-state index in [1.807, 2.05) is 56.6 Å². The SMILES string of the molecule is Cc1csc(-n2c(C)cc(C(=O)CN3CCN(c4ccccn4)CC3)c2C)n1. The largest absolute Gasteiger partial charge is 0.354 e. The van der Waals surface area contributed by atoms with E-state index in [-0.39, 0.29) is 5.78 Å². The molecule has 146 valence electrons. The van der Waals surface area contributed by atoms with E-state index in [0.29, 0.717) is 6.54 Å². The normalized spacial score (nSPS) is 15.2. The van der Waals surface area contributed by atoms with Gasteiger partial charge in [0, 0.05) is 54.7 Å². The maximum Gasteiger partial charge on any atom is 0.194 e. The predicted molar refractivity (Wildman–Crippen MR) is 113 cm³/mol. The highest BCUT2D eigenvalue weighted by molar-refractivity contribution is 7.12. The number of carbonyl (C=O) groups is 1. The molecule has 1 aliphatic rings. The van der Waals surface area contributed by atoms with Gasteiger partial charge >= 0.3 is 0 Å². The maximum atomic E-state index is 13.0. The van der Waals surface area contributed by atoms with E-state index in [9.17, 15) is 4.79 Å². The van der Waals surface area contributed by atoms with Gasteiger partial charge in [-0.05, 0) is 39.0 Å². The quantitative estimate of drug-likeness (QED) is 0.621. The third kappa shape index (κ3) is 3.72. The second-order valence-electron chi connectivity index (χ2n) is 7.27. The van der Waals surface area contributed by atoms with Crippen molar-refractivity contribution >= 4 is 22.9 Å². The highest BCUT2D eigenvalue weighted by Crippen LogP contribution is 2.24. The van der Waals surface area contributed by atoms with E-state index >= 15 is 0 Å². The number of rotatable bonds is 5. The van der Waals surface area contributed by atoms with E-state index in [2.05, 4.69) is 24.3 Å². The van der Waals surface area contributed by atoms with E-state index in [1.165, 1.54) is 0 Å². The van der Waals surface area contributed by atoms with Gasteiger partial charge in [0.25, 0.3) is 0 Å². The summed E-state index contributed by atoms with van der Waals surface area (Å²) in [5, 5.41) is 2.96. The van der Waals surface area contributed by atoms with Crippen LogP contribution in [0.1, 0.15) is 27.4 Å². The van der Waals surface area contributed by atoms with Gasteiger partial charge in [-0.3, -0.25) is 14.3 Å². The monoisotopic (exact) mass is 395 g/mol. The Bertz CT molecular complexity index is 970. The Labute approximate surface area is 169 Å². The van der Waals surface area contributed by atoms with Gasteiger partial charge < -0.3 is 4.90 Å². The van der Waals surface area contributed by atoms with Gasteiger partial charge in [0.2, 0.25) is 0 Å². The Morgan fingerprint density at radius 1 is 1.14 bits per heavy atom. The van der Waals surface area contributed by atoms with Crippen molar-refractivity contribution in [3.8, 4) is 5.13 Å². The predicted octanol–water partition coefficient (Wildman–Crippen LogP) is 3.26. The zero-order chi connectivity index (χ0) is 19.7. The smallest absolute Gasteiger partial charge is 0.194 e. The first kappa shape index (κ1) is 18.8. The van der Waals surface area contributed by atoms with Crippen LogP contribution in [-0.2, 0) is 0 Å². The number of aryl methyl sites for hydroxylation is 2. The van der Waals surface area contributed by atoms with Crippen molar-refractivity contribution in [2.24, 2.45) is 0 Å². The highest BCUT2D eigenvalue weighted by Gasteiger charge is 2.23. The minimum atomic E-state index is 0.180. The molecule has 0 bridgehead atoms. The number of hydrogen-bond donors (Lipinski definition) is 0. The van der Waals surface area contributed by atoms with Crippen LogP contribution >= 0.6 is 11.3 Å². The number of Topliss-reactive ketones (excluding diaryl/α,β-unsaturated/α-hetero) is 1. The molecule has 1 aliphatic heterocycles. The molecule has 0 radical (unpaired) electrons. The number of thiazole rings is 1. The van der Waals surface area contributed by atoms with Crippen LogP contribution in [0.5, 0.6) is 0 Å². The summed E-state index contributed by atoms with van der Waals surface area (Å²) in [4.78, 5) is 26.5. The number of pyridine rings is 1. The minimum absolute atomic E-state index is 0.180. The average molecular weight is 396 g/mol. The van der Waals surface area contributed by atoms with Gasteiger partial charge in [-0.15, -0.1) is 11.3 Å². The average Bonchev–Trinajstić information content (AvgIpc) is 3.25. The van der Waals surface area contributed by atoms with E-state index in [0.717, 1.165) is 59.8 Å². The van der Waals surface area contributed by atoms with E-state index in [1.54, 1.807) is 11.3 Å². The number of hydrogen-bond acceptors (Lipinski definition) is 6. The lowest BCUT2D eigenvalue weighted by Gasteiger charge is -2.35. The van der Waals surface area contributed by atoms with Crippen LogP contribution in [0.3, 0.4) is 0 Å². The van der Waals surface area contributed by atoms with Crippen LogP contribution in [0.25, 0.3) is 5.13 Å². The number of nitrogens with zero attached hydrogens (tertiary/aromatic N) is 5. The molecule has 7 heteroatoms. The van der Waals surface area contributed by atoms with Gasteiger partial charge in [0.05, 0.1) is 12.2 Å². The molecule has 3 aromatic heterocycles. The van der Waals surface area contributed by atoms with Crippen molar-refractivity contribution in [3.05, 3.63) is 58.5 Å². The van der Waals surface area contributed by atoms with Crippen LogP contribution in [0, 0.1) is 20.8 Å². The molecule has 0 amide bonds. The zero-order valence-corrected chi connectivity index (χ0v) is 17.4. The molecule has 4 heterocycles. The van der Waals surface area contributed by atoms with Crippen molar-refractivity contribution < 1.29 is 4.79 Å². The molecule has 1 fully saturated rings. The van der Waals surface area contributed by atoms with Gasteiger partial charge in [-0.25, -0.2) is 9.97 Å². The third-order valence-corrected chi connectivity index (χ3v) is 6.19. The summed E-state index contributed by atoms with van der Waals surface area (Å²) in [5.74, 6) is 1.19. The van der Waals surface area contributed by atoms with Crippen molar-refractivity contribution in [2.75, 3.05) is 37.6 Å². The lowest BCUT2D eigenvalue weighted by molar-refractivity contribution is 0.0925. The Hall–Kier alpha value is -2.51.